The SMILES string of the molecule is c1cc(-c2cccc3oc4ccccc4c23)c2ccc(-c3nc(-c4ccc5c(ccc6oc7ccccc7c65)c4)nc(-c4cccc5oc6ccccc6c45)n3)cc2c1. The van der Waals surface area contributed by atoms with Crippen molar-refractivity contribution in [3.8, 4) is 45.3 Å². The van der Waals surface area contributed by atoms with Crippen LogP contribution in [-0.4, -0.2) is 15.0 Å². The van der Waals surface area contributed by atoms with Crippen molar-refractivity contribution < 1.29 is 13.3 Å². The maximum Gasteiger partial charge on any atom is 0.164 e. The fourth-order valence-electron chi connectivity index (χ4n) is 9.06. The molecule has 0 aliphatic carbocycles. The molecule has 4 aromatic heterocycles. The Morgan fingerprint density at radius 1 is 0.271 bits per heavy atom. The Balaban J connectivity index is 1.02. The van der Waals surface area contributed by atoms with Crippen molar-refractivity contribution >= 4 is 87.4 Å². The maximum absolute atomic E-state index is 6.31. The van der Waals surface area contributed by atoms with E-state index in [1.54, 1.807) is 0 Å². The van der Waals surface area contributed by atoms with Crippen LogP contribution >= 0.6 is 0 Å². The number of para-hydroxylation sites is 3. The molecule has 13 rings (SSSR count). The highest BCUT2D eigenvalue weighted by molar-refractivity contribution is 6.19. The van der Waals surface area contributed by atoms with Crippen molar-refractivity contribution in [3.63, 3.8) is 0 Å². The molecule has 0 amide bonds. The lowest BCUT2D eigenvalue weighted by atomic mass is 9.94. The minimum Gasteiger partial charge on any atom is -0.456 e. The summed E-state index contributed by atoms with van der Waals surface area (Å²) < 4.78 is 18.8. The number of rotatable bonds is 4. The van der Waals surface area contributed by atoms with Crippen LogP contribution in [0.1, 0.15) is 0 Å². The van der Waals surface area contributed by atoms with Crippen LogP contribution in [0.3, 0.4) is 0 Å². The minimum absolute atomic E-state index is 0.575. The van der Waals surface area contributed by atoms with E-state index in [-0.39, 0.29) is 0 Å². The van der Waals surface area contributed by atoms with Gasteiger partial charge in [0.1, 0.15) is 33.5 Å². The fraction of sp³-hybridized carbons (Fsp3) is 0. The highest BCUT2D eigenvalue weighted by atomic mass is 16.3. The second-order valence-corrected chi connectivity index (χ2v) is 15.1. The number of aromatic nitrogens is 3. The standard InChI is InChI=1S/C53H29N3O3/c1-4-17-42-38(11-1)48-35-26-23-33(29-31(35)24-27-47(48)59-42)52-54-51(55-53(56-52)41-16-9-21-46-50(41)40-13-3-6-19-44(40)58-46)32-22-25-34-30(28-32)10-7-14-36(34)37-15-8-20-45-49(37)39-12-2-5-18-43(39)57-45/h1-29H. The van der Waals surface area contributed by atoms with Gasteiger partial charge >= 0.3 is 0 Å². The molecule has 0 atom stereocenters. The highest BCUT2D eigenvalue weighted by Gasteiger charge is 2.20. The molecule has 0 N–H and O–H groups in total. The Morgan fingerprint density at radius 3 is 1.37 bits per heavy atom. The highest BCUT2D eigenvalue weighted by Crippen LogP contribution is 2.42. The summed E-state index contributed by atoms with van der Waals surface area (Å²) in [5, 5.41) is 10.8. The summed E-state index contributed by atoms with van der Waals surface area (Å²) in [4.78, 5) is 15.7. The zero-order chi connectivity index (χ0) is 38.6. The zero-order valence-corrected chi connectivity index (χ0v) is 31.3. The first kappa shape index (κ1) is 32.0. The lowest BCUT2D eigenvalue weighted by molar-refractivity contribution is 0.668. The van der Waals surface area contributed by atoms with Crippen LogP contribution in [0.15, 0.2) is 189 Å². The molecule has 6 nitrogen and oxygen atoms in total. The van der Waals surface area contributed by atoms with Crippen molar-refractivity contribution in [1.29, 1.82) is 0 Å². The maximum atomic E-state index is 6.31. The quantitative estimate of drug-likeness (QED) is 0.178. The third-order valence-electron chi connectivity index (χ3n) is 11.7. The third-order valence-corrected chi connectivity index (χ3v) is 11.7. The predicted molar refractivity (Wildman–Crippen MR) is 238 cm³/mol. The van der Waals surface area contributed by atoms with Gasteiger partial charge in [-0.25, -0.2) is 15.0 Å². The molecular formula is C53H29N3O3. The van der Waals surface area contributed by atoms with Gasteiger partial charge in [0.15, 0.2) is 17.5 Å². The van der Waals surface area contributed by atoms with Crippen LogP contribution in [0.2, 0.25) is 0 Å². The van der Waals surface area contributed by atoms with Gasteiger partial charge < -0.3 is 13.3 Å². The van der Waals surface area contributed by atoms with E-state index in [1.807, 2.05) is 60.7 Å². The molecule has 0 aliphatic rings. The molecule has 0 spiro atoms. The van der Waals surface area contributed by atoms with Gasteiger partial charge in [-0.2, -0.15) is 0 Å². The fourth-order valence-corrected chi connectivity index (χ4v) is 9.06. The van der Waals surface area contributed by atoms with Crippen LogP contribution in [-0.2, 0) is 0 Å². The van der Waals surface area contributed by atoms with Gasteiger partial charge in [-0.1, -0.05) is 127 Å². The molecule has 274 valence electrons. The Kier molecular flexibility index (Phi) is 6.63. The smallest absolute Gasteiger partial charge is 0.164 e. The monoisotopic (exact) mass is 755 g/mol. The molecule has 0 fully saturated rings. The molecule has 13 aromatic rings. The van der Waals surface area contributed by atoms with E-state index in [1.165, 1.54) is 0 Å². The van der Waals surface area contributed by atoms with Crippen LogP contribution in [0.25, 0.3) is 133 Å². The normalized spacial score (nSPS) is 12.1. The van der Waals surface area contributed by atoms with E-state index in [9.17, 15) is 0 Å². The summed E-state index contributed by atoms with van der Waals surface area (Å²) in [5.41, 5.74) is 10.0. The van der Waals surface area contributed by atoms with Gasteiger partial charge in [0.2, 0.25) is 0 Å². The number of hydrogen-bond acceptors (Lipinski definition) is 6. The van der Waals surface area contributed by atoms with Crippen LogP contribution in [0, 0.1) is 0 Å². The molecule has 59 heavy (non-hydrogen) atoms. The second-order valence-electron chi connectivity index (χ2n) is 15.1. The van der Waals surface area contributed by atoms with E-state index in [0.29, 0.717) is 17.5 Å². The van der Waals surface area contributed by atoms with Crippen LogP contribution in [0.4, 0.5) is 0 Å². The summed E-state index contributed by atoms with van der Waals surface area (Å²) in [5.74, 6) is 1.74. The zero-order valence-electron chi connectivity index (χ0n) is 31.3. The molecular weight excluding hydrogens is 727 g/mol. The van der Waals surface area contributed by atoms with E-state index in [0.717, 1.165) is 115 Å². The molecule has 0 unspecified atom stereocenters. The van der Waals surface area contributed by atoms with E-state index in [2.05, 4.69) is 115 Å². The van der Waals surface area contributed by atoms with E-state index >= 15 is 0 Å². The summed E-state index contributed by atoms with van der Waals surface area (Å²) in [6.45, 7) is 0. The molecule has 0 aliphatic heterocycles. The molecule has 0 saturated heterocycles. The van der Waals surface area contributed by atoms with Crippen molar-refractivity contribution in [2.45, 2.75) is 0 Å². The average molecular weight is 756 g/mol. The van der Waals surface area contributed by atoms with Crippen molar-refractivity contribution in [2.24, 2.45) is 0 Å². The first-order valence-corrected chi connectivity index (χ1v) is 19.7. The molecule has 0 bridgehead atoms. The van der Waals surface area contributed by atoms with E-state index in [4.69, 9.17) is 28.2 Å². The largest absolute Gasteiger partial charge is 0.456 e. The molecule has 9 aromatic carbocycles. The van der Waals surface area contributed by atoms with Gasteiger partial charge in [0.25, 0.3) is 0 Å². The number of fused-ring (bicyclic) bond motifs is 12. The first-order valence-electron chi connectivity index (χ1n) is 19.7. The summed E-state index contributed by atoms with van der Waals surface area (Å²) in [6, 6.07) is 60.4. The predicted octanol–water partition coefficient (Wildman–Crippen LogP) is 14.5. The summed E-state index contributed by atoms with van der Waals surface area (Å²) in [6.07, 6.45) is 0. The number of hydrogen-bond donors (Lipinski definition) is 0. The van der Waals surface area contributed by atoms with Gasteiger partial charge in [-0.05, 0) is 81.2 Å². The minimum atomic E-state index is 0.575. The lowest BCUT2D eigenvalue weighted by Gasteiger charge is -2.12. The van der Waals surface area contributed by atoms with Crippen LogP contribution in [0.5, 0.6) is 0 Å². The molecule has 0 radical (unpaired) electrons. The summed E-state index contributed by atoms with van der Waals surface area (Å²) >= 11 is 0. The van der Waals surface area contributed by atoms with Crippen LogP contribution < -0.4 is 0 Å². The van der Waals surface area contributed by atoms with E-state index < -0.39 is 0 Å². The number of nitrogens with zero attached hydrogens (tertiary/aromatic N) is 3. The lowest BCUT2D eigenvalue weighted by Crippen LogP contribution is -2.00. The molecule has 0 saturated carbocycles. The molecule has 4 heterocycles. The summed E-state index contributed by atoms with van der Waals surface area (Å²) in [7, 11) is 0. The van der Waals surface area contributed by atoms with Crippen molar-refractivity contribution in [1.82, 2.24) is 15.0 Å². The Morgan fingerprint density at radius 2 is 0.729 bits per heavy atom. The Labute approximate surface area is 335 Å². The average Bonchev–Trinajstić information content (AvgIpc) is 4.00. The van der Waals surface area contributed by atoms with Crippen molar-refractivity contribution in [3.05, 3.63) is 176 Å². The Bertz CT molecular complexity index is 3870. The first-order chi connectivity index (χ1) is 29.2. The van der Waals surface area contributed by atoms with Gasteiger partial charge in [0, 0.05) is 49.0 Å². The second kappa shape index (κ2) is 12.2. The number of benzene rings is 9. The van der Waals surface area contributed by atoms with Gasteiger partial charge in [-0.15, -0.1) is 0 Å². The third kappa shape index (κ3) is 4.84. The van der Waals surface area contributed by atoms with Crippen molar-refractivity contribution in [2.75, 3.05) is 0 Å². The number of furan rings is 3. The topological polar surface area (TPSA) is 78.1 Å². The Hall–Kier alpha value is -8.09. The van der Waals surface area contributed by atoms with Gasteiger partial charge in [0.05, 0.1) is 0 Å². The molecule has 6 heteroatoms. The van der Waals surface area contributed by atoms with Gasteiger partial charge in [-0.3, -0.25) is 0 Å².